The smallest absolute Gasteiger partial charge is 0.264 e. The quantitative estimate of drug-likeness (QED) is 0.777. The van der Waals surface area contributed by atoms with E-state index in [4.69, 9.17) is 0 Å². The molecule has 0 radical (unpaired) electrons. The lowest BCUT2D eigenvalue weighted by Crippen LogP contribution is -3.14. The maximum absolute atomic E-state index is 12.7. The Morgan fingerprint density at radius 2 is 1.93 bits per heavy atom. The number of nitrogens with zero attached hydrogens (tertiary/aromatic N) is 1. The largest absolute Gasteiger partial charge is 0.378 e. The van der Waals surface area contributed by atoms with Gasteiger partial charge in [-0.05, 0) is 37.6 Å². The Balaban J connectivity index is 1.49. The number of piperazine rings is 1. The van der Waals surface area contributed by atoms with Crippen molar-refractivity contribution in [2.75, 3.05) is 32.7 Å². The fourth-order valence-electron chi connectivity index (χ4n) is 3.05. The van der Waals surface area contributed by atoms with Crippen LogP contribution in [0.4, 0.5) is 0 Å². The molecule has 0 unspecified atom stereocenters. The molecule has 1 aliphatic heterocycles. The number of carbonyl (C=O) groups excluding carboxylic acids is 1. The maximum atomic E-state index is 12.7. The van der Waals surface area contributed by atoms with Crippen molar-refractivity contribution in [1.29, 1.82) is 0 Å². The molecule has 1 saturated heterocycles. The van der Waals surface area contributed by atoms with E-state index in [0.717, 1.165) is 37.6 Å². The van der Waals surface area contributed by atoms with Crippen LogP contribution in [0.15, 0.2) is 48.5 Å². The van der Waals surface area contributed by atoms with Gasteiger partial charge in [0.05, 0.1) is 42.5 Å². The summed E-state index contributed by atoms with van der Waals surface area (Å²) in [5.74, 6) is 5.81. The summed E-state index contributed by atoms with van der Waals surface area (Å²) in [5, 5.41) is 9.70. The highest BCUT2D eigenvalue weighted by molar-refractivity contribution is 7.14. The normalized spacial score (nSPS) is 15.5. The maximum Gasteiger partial charge on any atom is 0.264 e. The first-order valence-electron chi connectivity index (χ1n) is 9.60. The van der Waals surface area contributed by atoms with Crippen molar-refractivity contribution in [2.24, 2.45) is 0 Å². The molecule has 1 aliphatic rings. The third-order valence-electron chi connectivity index (χ3n) is 4.58. The number of quaternary nitrogens is 1. The van der Waals surface area contributed by atoms with E-state index in [1.807, 2.05) is 35.2 Å². The van der Waals surface area contributed by atoms with Gasteiger partial charge in [0.2, 0.25) is 0 Å². The molecule has 0 spiro atoms. The summed E-state index contributed by atoms with van der Waals surface area (Å²) < 4.78 is 0. The zero-order valence-electron chi connectivity index (χ0n) is 16.4. The number of hydrogen-bond donors (Lipinski definition) is 2. The first-order valence-corrected chi connectivity index (χ1v) is 10.4. The van der Waals surface area contributed by atoms with Crippen LogP contribution in [0.2, 0.25) is 0 Å². The molecule has 0 saturated carbocycles. The molecular formula is C23H27N2O2S+. The fourth-order valence-corrected chi connectivity index (χ4v) is 3.87. The topological polar surface area (TPSA) is 45.0 Å². The minimum absolute atomic E-state index is 0.0835. The second-order valence-corrected chi connectivity index (χ2v) is 8.62. The predicted molar refractivity (Wildman–Crippen MR) is 114 cm³/mol. The molecule has 3 rings (SSSR count). The van der Waals surface area contributed by atoms with Crippen molar-refractivity contribution >= 4 is 23.3 Å². The van der Waals surface area contributed by atoms with Crippen molar-refractivity contribution in [2.45, 2.75) is 19.4 Å². The third kappa shape index (κ3) is 6.07. The van der Waals surface area contributed by atoms with E-state index in [9.17, 15) is 9.90 Å². The summed E-state index contributed by atoms with van der Waals surface area (Å²) in [7, 11) is 0. The molecule has 1 aromatic carbocycles. The minimum atomic E-state index is -1.03. The Bertz CT molecular complexity index is 877. The van der Waals surface area contributed by atoms with Crippen LogP contribution in [0, 0.1) is 11.8 Å². The summed E-state index contributed by atoms with van der Waals surface area (Å²) in [5.41, 5.74) is 0.194. The third-order valence-corrected chi connectivity index (χ3v) is 5.57. The Kier molecular flexibility index (Phi) is 6.69. The SMILES string of the molecule is CC(C)(O)C#Cc1ccc(C(=O)N2CC[NH+](C/C=C/c3ccccc3)CC2)s1. The Morgan fingerprint density at radius 1 is 1.21 bits per heavy atom. The van der Waals surface area contributed by atoms with E-state index in [1.54, 1.807) is 13.8 Å². The number of nitrogens with one attached hydrogen (secondary N) is 1. The van der Waals surface area contributed by atoms with Gasteiger partial charge in [-0.15, -0.1) is 11.3 Å². The number of hydrogen-bond acceptors (Lipinski definition) is 3. The van der Waals surface area contributed by atoms with Crippen molar-refractivity contribution in [3.63, 3.8) is 0 Å². The second kappa shape index (κ2) is 9.20. The average Bonchev–Trinajstić information content (AvgIpc) is 3.16. The van der Waals surface area contributed by atoms with Crippen molar-refractivity contribution in [3.05, 3.63) is 63.9 Å². The van der Waals surface area contributed by atoms with E-state index in [-0.39, 0.29) is 5.91 Å². The van der Waals surface area contributed by atoms with E-state index in [2.05, 4.69) is 36.1 Å². The van der Waals surface area contributed by atoms with Gasteiger partial charge in [0, 0.05) is 0 Å². The van der Waals surface area contributed by atoms with Gasteiger partial charge in [0.15, 0.2) is 0 Å². The van der Waals surface area contributed by atoms with Crippen LogP contribution in [0.1, 0.15) is 34.0 Å². The van der Waals surface area contributed by atoms with Crippen LogP contribution in [-0.2, 0) is 0 Å². The number of aliphatic hydroxyl groups is 1. The number of carbonyl (C=O) groups is 1. The number of thiophene rings is 1. The van der Waals surface area contributed by atoms with E-state index in [1.165, 1.54) is 21.8 Å². The second-order valence-electron chi connectivity index (χ2n) is 7.53. The van der Waals surface area contributed by atoms with Crippen molar-refractivity contribution in [3.8, 4) is 11.8 Å². The minimum Gasteiger partial charge on any atom is -0.378 e. The summed E-state index contributed by atoms with van der Waals surface area (Å²) in [4.78, 5) is 17.7. The Morgan fingerprint density at radius 3 is 2.61 bits per heavy atom. The number of rotatable bonds is 4. The van der Waals surface area contributed by atoms with Crippen LogP contribution in [-0.4, -0.2) is 54.2 Å². The van der Waals surface area contributed by atoms with Crippen LogP contribution in [0.5, 0.6) is 0 Å². The lowest BCUT2D eigenvalue weighted by atomic mass is 10.1. The standard InChI is InChI=1S/C23H26N2O2S/c1-23(2,27)13-12-20-10-11-21(28-20)22(26)25-17-15-24(16-18-25)14-6-9-19-7-4-3-5-8-19/h3-11,27H,14-18H2,1-2H3/p+1/b9-6+. The lowest BCUT2D eigenvalue weighted by molar-refractivity contribution is -0.898. The first-order chi connectivity index (χ1) is 13.4. The summed E-state index contributed by atoms with van der Waals surface area (Å²) in [6, 6.07) is 14.0. The highest BCUT2D eigenvalue weighted by Crippen LogP contribution is 2.18. The molecule has 2 N–H and O–H groups in total. The highest BCUT2D eigenvalue weighted by Gasteiger charge is 2.24. The summed E-state index contributed by atoms with van der Waals surface area (Å²) in [6.45, 7) is 7.74. The molecule has 1 amide bonds. The van der Waals surface area contributed by atoms with E-state index < -0.39 is 5.60 Å². The molecule has 1 aromatic heterocycles. The van der Waals surface area contributed by atoms with Crippen LogP contribution < -0.4 is 4.90 Å². The monoisotopic (exact) mass is 395 g/mol. The summed E-state index contributed by atoms with van der Waals surface area (Å²) >= 11 is 1.39. The zero-order chi connectivity index (χ0) is 20.0. The van der Waals surface area contributed by atoms with Gasteiger partial charge < -0.3 is 14.9 Å². The van der Waals surface area contributed by atoms with Gasteiger partial charge in [-0.1, -0.05) is 48.2 Å². The molecule has 146 valence electrons. The lowest BCUT2D eigenvalue weighted by Gasteiger charge is -2.31. The van der Waals surface area contributed by atoms with Gasteiger partial charge >= 0.3 is 0 Å². The van der Waals surface area contributed by atoms with Gasteiger partial charge in [-0.2, -0.15) is 0 Å². The molecule has 28 heavy (non-hydrogen) atoms. The summed E-state index contributed by atoms with van der Waals surface area (Å²) in [6.07, 6.45) is 4.38. The van der Waals surface area contributed by atoms with E-state index in [0.29, 0.717) is 4.88 Å². The van der Waals surface area contributed by atoms with Crippen molar-refractivity contribution in [1.82, 2.24) is 4.90 Å². The Labute approximate surface area is 171 Å². The zero-order valence-corrected chi connectivity index (χ0v) is 17.3. The fraction of sp³-hybridized carbons (Fsp3) is 0.348. The predicted octanol–water partition coefficient (Wildman–Crippen LogP) is 1.92. The van der Waals surface area contributed by atoms with Crippen LogP contribution >= 0.6 is 11.3 Å². The molecule has 0 atom stereocenters. The van der Waals surface area contributed by atoms with Crippen molar-refractivity contribution < 1.29 is 14.8 Å². The number of amides is 1. The highest BCUT2D eigenvalue weighted by atomic mass is 32.1. The number of benzene rings is 1. The molecule has 0 aliphatic carbocycles. The first kappa shape index (κ1) is 20.3. The molecule has 1 fully saturated rings. The molecule has 2 heterocycles. The van der Waals surface area contributed by atoms with E-state index >= 15 is 0 Å². The molecule has 5 heteroatoms. The molecular weight excluding hydrogens is 368 g/mol. The molecule has 2 aromatic rings. The molecule has 4 nitrogen and oxygen atoms in total. The average molecular weight is 396 g/mol. The molecule has 0 bridgehead atoms. The van der Waals surface area contributed by atoms with Gasteiger partial charge in [-0.3, -0.25) is 4.79 Å². The van der Waals surface area contributed by atoms with Crippen LogP contribution in [0.3, 0.4) is 0 Å². The Hall–Kier alpha value is -2.39. The van der Waals surface area contributed by atoms with Gasteiger partial charge in [0.25, 0.3) is 5.91 Å². The van der Waals surface area contributed by atoms with Crippen LogP contribution in [0.25, 0.3) is 6.08 Å². The van der Waals surface area contributed by atoms with Gasteiger partial charge in [0.1, 0.15) is 5.60 Å². The van der Waals surface area contributed by atoms with Gasteiger partial charge in [-0.25, -0.2) is 0 Å².